The maximum absolute atomic E-state index is 12.2. The van der Waals surface area contributed by atoms with Gasteiger partial charge in [-0.2, -0.15) is 5.10 Å². The number of rotatable bonds is 7. The Kier molecular flexibility index (Phi) is 5.62. The molecule has 4 aromatic rings. The van der Waals surface area contributed by atoms with Gasteiger partial charge in [0.25, 0.3) is 0 Å². The first-order valence-corrected chi connectivity index (χ1v) is 10.1. The van der Waals surface area contributed by atoms with Gasteiger partial charge in [-0.15, -0.1) is 0 Å². The van der Waals surface area contributed by atoms with E-state index < -0.39 is 0 Å². The Bertz CT molecular complexity index is 1190. The summed E-state index contributed by atoms with van der Waals surface area (Å²) in [6.07, 6.45) is 4.90. The van der Waals surface area contributed by atoms with Crippen molar-refractivity contribution in [3.8, 4) is 5.75 Å². The number of ether oxygens (including phenoxy) is 1. The first kappa shape index (κ1) is 19.2. The second-order valence-corrected chi connectivity index (χ2v) is 7.42. The lowest BCUT2D eigenvalue weighted by Crippen LogP contribution is -1.99. The lowest BCUT2D eigenvalue weighted by Gasteiger charge is -2.06. The van der Waals surface area contributed by atoms with Crippen LogP contribution in [0.1, 0.15) is 28.9 Å². The van der Waals surface area contributed by atoms with E-state index in [0.717, 1.165) is 27.5 Å². The number of aryl methyl sites for hydroxylation is 1. The molecular weight excluding hydrogens is 432 g/mol. The number of ketones is 1. The highest BCUT2D eigenvalue weighted by atomic mass is 79.9. The second-order valence-electron chi connectivity index (χ2n) is 6.50. The molecule has 4 rings (SSSR count). The molecule has 0 saturated heterocycles. The molecular formula is C23H19BrN2O3. The molecule has 0 saturated carbocycles. The van der Waals surface area contributed by atoms with Crippen LogP contribution >= 0.6 is 15.9 Å². The lowest BCUT2D eigenvalue weighted by atomic mass is 10.1. The van der Waals surface area contributed by atoms with Crippen LogP contribution in [0.3, 0.4) is 0 Å². The van der Waals surface area contributed by atoms with Gasteiger partial charge in [0.1, 0.15) is 29.6 Å². The van der Waals surface area contributed by atoms with Crippen LogP contribution in [0.2, 0.25) is 0 Å². The molecule has 146 valence electrons. The molecule has 6 heteroatoms. The highest BCUT2D eigenvalue weighted by molar-refractivity contribution is 9.10. The number of hydrogen-bond donors (Lipinski definition) is 0. The van der Waals surface area contributed by atoms with Gasteiger partial charge in [-0.25, -0.2) is 0 Å². The number of hydrogen-bond acceptors (Lipinski definition) is 4. The monoisotopic (exact) mass is 450 g/mol. The third kappa shape index (κ3) is 4.66. The summed E-state index contributed by atoms with van der Waals surface area (Å²) in [6.45, 7) is 3.01. The molecule has 0 aliphatic rings. The molecule has 0 amide bonds. The Balaban J connectivity index is 1.37. The van der Waals surface area contributed by atoms with Crippen molar-refractivity contribution in [2.45, 2.75) is 20.1 Å². The van der Waals surface area contributed by atoms with E-state index >= 15 is 0 Å². The fourth-order valence-electron chi connectivity index (χ4n) is 2.91. The smallest absolute Gasteiger partial charge is 0.206 e. The van der Waals surface area contributed by atoms with E-state index in [4.69, 9.17) is 9.15 Å². The number of furan rings is 1. The van der Waals surface area contributed by atoms with Gasteiger partial charge < -0.3 is 9.15 Å². The van der Waals surface area contributed by atoms with E-state index in [1.54, 1.807) is 23.0 Å². The fraction of sp³-hybridized carbons (Fsp3) is 0.130. The van der Waals surface area contributed by atoms with E-state index in [9.17, 15) is 4.79 Å². The molecule has 0 atom stereocenters. The minimum absolute atomic E-state index is 0.158. The van der Waals surface area contributed by atoms with Crippen LogP contribution in [0.25, 0.3) is 16.8 Å². The summed E-state index contributed by atoms with van der Waals surface area (Å²) < 4.78 is 14.3. The maximum atomic E-state index is 12.2. The third-order valence-electron chi connectivity index (χ3n) is 4.45. The van der Waals surface area contributed by atoms with Crippen molar-refractivity contribution in [1.29, 1.82) is 0 Å². The quantitative estimate of drug-likeness (QED) is 0.260. The van der Waals surface area contributed by atoms with Crippen molar-refractivity contribution in [3.63, 3.8) is 0 Å². The van der Waals surface area contributed by atoms with Crippen LogP contribution in [0.15, 0.2) is 75.8 Å². The number of fused-ring (bicyclic) bond motifs is 1. The summed E-state index contributed by atoms with van der Waals surface area (Å²) >= 11 is 3.48. The number of benzene rings is 2. The van der Waals surface area contributed by atoms with E-state index in [-0.39, 0.29) is 5.78 Å². The summed E-state index contributed by atoms with van der Waals surface area (Å²) in [7, 11) is 0. The Hall–Kier alpha value is -3.12. The Morgan fingerprint density at radius 2 is 1.97 bits per heavy atom. The molecule has 0 aliphatic carbocycles. The van der Waals surface area contributed by atoms with Crippen LogP contribution in [-0.2, 0) is 13.2 Å². The molecule has 0 N–H and O–H groups in total. The molecule has 0 unspecified atom stereocenters. The van der Waals surface area contributed by atoms with Gasteiger partial charge in [0.2, 0.25) is 5.78 Å². The van der Waals surface area contributed by atoms with Crippen molar-refractivity contribution in [2.24, 2.45) is 0 Å². The summed E-state index contributed by atoms with van der Waals surface area (Å²) in [5.74, 6) is 1.89. The summed E-state index contributed by atoms with van der Waals surface area (Å²) in [4.78, 5) is 12.2. The average molecular weight is 451 g/mol. The Morgan fingerprint density at radius 1 is 1.14 bits per heavy atom. The number of aromatic nitrogens is 2. The van der Waals surface area contributed by atoms with E-state index in [0.29, 0.717) is 23.8 Å². The van der Waals surface area contributed by atoms with Crippen LogP contribution < -0.4 is 4.74 Å². The predicted molar refractivity (Wildman–Crippen MR) is 116 cm³/mol. The van der Waals surface area contributed by atoms with Gasteiger partial charge in [-0.05, 0) is 72.3 Å². The summed E-state index contributed by atoms with van der Waals surface area (Å²) in [5, 5.41) is 6.45. The largest absolute Gasteiger partial charge is 0.486 e. The number of nitrogens with zero attached hydrogens (tertiary/aromatic N) is 2. The highest BCUT2D eigenvalue weighted by Crippen LogP contribution is 2.25. The van der Waals surface area contributed by atoms with Crippen LogP contribution in [0.4, 0.5) is 0 Å². The predicted octanol–water partition coefficient (Wildman–Crippen LogP) is 5.89. The van der Waals surface area contributed by atoms with Crippen molar-refractivity contribution >= 4 is 38.6 Å². The van der Waals surface area contributed by atoms with Gasteiger partial charge in [-0.3, -0.25) is 9.48 Å². The van der Waals surface area contributed by atoms with Crippen LogP contribution in [0, 0.1) is 0 Å². The first-order chi connectivity index (χ1) is 14.1. The maximum Gasteiger partial charge on any atom is 0.206 e. The molecule has 0 bridgehead atoms. The zero-order valence-corrected chi connectivity index (χ0v) is 17.4. The van der Waals surface area contributed by atoms with E-state index in [1.165, 1.54) is 6.08 Å². The van der Waals surface area contributed by atoms with E-state index in [1.807, 2.05) is 49.4 Å². The summed E-state index contributed by atoms with van der Waals surface area (Å²) in [6, 6.07) is 17.4. The number of halogens is 1. The van der Waals surface area contributed by atoms with Gasteiger partial charge >= 0.3 is 0 Å². The van der Waals surface area contributed by atoms with E-state index in [2.05, 4.69) is 27.1 Å². The molecule has 2 aromatic heterocycles. The summed E-state index contributed by atoms with van der Waals surface area (Å²) in [5.41, 5.74) is 0.418. The highest BCUT2D eigenvalue weighted by Gasteiger charge is 2.07. The number of carbonyl (C=O) groups excluding carboxylic acids is 1. The molecule has 29 heavy (non-hydrogen) atoms. The second kappa shape index (κ2) is 8.49. The zero-order valence-electron chi connectivity index (χ0n) is 15.8. The molecule has 2 aromatic carbocycles. The number of allylic oxidation sites excluding steroid dienone is 1. The number of carbonyl (C=O) groups is 1. The normalized spacial score (nSPS) is 11.4. The minimum Gasteiger partial charge on any atom is -0.486 e. The van der Waals surface area contributed by atoms with Gasteiger partial charge in [0.05, 0.1) is 0 Å². The molecule has 0 spiro atoms. The minimum atomic E-state index is -0.158. The zero-order chi connectivity index (χ0) is 20.2. The standard InChI is InChI=1S/C23H19BrN2O3/c1-2-26-12-11-22(25-26)23(27)10-9-19-7-8-21(29-19)15-28-20-6-4-16-13-18(24)5-3-17(16)14-20/h3-14H,2,15H2,1H3/b10-9+. The molecule has 0 fully saturated rings. The average Bonchev–Trinajstić information content (AvgIpc) is 3.40. The Morgan fingerprint density at radius 3 is 2.79 bits per heavy atom. The molecule has 0 aliphatic heterocycles. The first-order valence-electron chi connectivity index (χ1n) is 9.27. The molecule has 2 heterocycles. The Labute approximate surface area is 176 Å². The van der Waals surface area contributed by atoms with Crippen molar-refractivity contribution in [1.82, 2.24) is 9.78 Å². The van der Waals surface area contributed by atoms with Gasteiger partial charge in [0.15, 0.2) is 0 Å². The van der Waals surface area contributed by atoms with Crippen molar-refractivity contribution < 1.29 is 13.9 Å². The third-order valence-corrected chi connectivity index (χ3v) is 4.95. The van der Waals surface area contributed by atoms with Gasteiger partial charge in [0, 0.05) is 17.2 Å². The SMILES string of the molecule is CCn1ccc(C(=O)/C=C/c2ccc(COc3ccc4cc(Br)ccc4c3)o2)n1. The van der Waals surface area contributed by atoms with Crippen molar-refractivity contribution in [3.05, 3.63) is 88.6 Å². The van der Waals surface area contributed by atoms with Crippen LogP contribution in [-0.4, -0.2) is 15.6 Å². The van der Waals surface area contributed by atoms with Crippen LogP contribution in [0.5, 0.6) is 5.75 Å². The molecule has 0 radical (unpaired) electrons. The van der Waals surface area contributed by atoms with Crippen molar-refractivity contribution in [2.75, 3.05) is 0 Å². The topological polar surface area (TPSA) is 57.3 Å². The molecule has 5 nitrogen and oxygen atoms in total. The fourth-order valence-corrected chi connectivity index (χ4v) is 3.29. The van der Waals surface area contributed by atoms with Gasteiger partial charge in [-0.1, -0.05) is 28.1 Å². The lowest BCUT2D eigenvalue weighted by molar-refractivity contribution is 0.104.